The van der Waals surface area contributed by atoms with Crippen molar-refractivity contribution in [1.82, 2.24) is 20.5 Å². The zero-order valence-electron chi connectivity index (χ0n) is 10.5. The molecule has 0 aromatic carbocycles. The molecular weight excluding hydrogens is 244 g/mol. The molecule has 0 bridgehead atoms. The molecule has 3 heterocycles. The number of ketones is 1. The number of rotatable bonds is 2. The summed E-state index contributed by atoms with van der Waals surface area (Å²) in [6.07, 6.45) is 4.94. The number of aromatic nitrogens is 3. The van der Waals surface area contributed by atoms with E-state index in [1.807, 2.05) is 0 Å². The zero-order valence-corrected chi connectivity index (χ0v) is 10.5. The van der Waals surface area contributed by atoms with Crippen LogP contribution in [0, 0.1) is 0 Å². The van der Waals surface area contributed by atoms with Gasteiger partial charge in [0.15, 0.2) is 0 Å². The molecule has 1 aliphatic rings. The standard InChI is InChI=1S/C13H16N4O2/c18-12(13(19)2-1-4-14-5-3-13)11-6-10-9(7-15-11)8-16-17-10/h6-8,14,19H,1-5H2,(H,16,17). The smallest absolute Gasteiger partial charge is 0.212 e. The highest BCUT2D eigenvalue weighted by Gasteiger charge is 2.37. The van der Waals surface area contributed by atoms with Gasteiger partial charge in [-0.1, -0.05) is 0 Å². The van der Waals surface area contributed by atoms with E-state index in [1.165, 1.54) is 0 Å². The first-order chi connectivity index (χ1) is 9.19. The predicted molar refractivity (Wildman–Crippen MR) is 69.9 cm³/mol. The van der Waals surface area contributed by atoms with Crippen molar-refractivity contribution >= 4 is 16.7 Å². The van der Waals surface area contributed by atoms with Crippen LogP contribution < -0.4 is 5.32 Å². The number of nitrogens with one attached hydrogen (secondary N) is 2. The average molecular weight is 260 g/mol. The third-order valence-electron chi connectivity index (χ3n) is 3.64. The molecule has 3 rings (SSSR count). The Labute approximate surface area is 110 Å². The van der Waals surface area contributed by atoms with E-state index in [0.717, 1.165) is 23.9 Å². The van der Waals surface area contributed by atoms with Crippen LogP contribution in [0.15, 0.2) is 18.5 Å². The molecule has 0 aliphatic carbocycles. The largest absolute Gasteiger partial charge is 0.382 e. The van der Waals surface area contributed by atoms with Gasteiger partial charge >= 0.3 is 0 Å². The van der Waals surface area contributed by atoms with Gasteiger partial charge in [0, 0.05) is 11.6 Å². The molecule has 100 valence electrons. The molecule has 6 heteroatoms. The number of Topliss-reactive ketones (excluding diaryl/α,β-unsaturated/α-hetero) is 1. The van der Waals surface area contributed by atoms with E-state index in [-0.39, 0.29) is 5.78 Å². The molecule has 2 aromatic rings. The maximum absolute atomic E-state index is 12.5. The second kappa shape index (κ2) is 4.71. The number of hydrogen-bond donors (Lipinski definition) is 3. The number of hydrogen-bond acceptors (Lipinski definition) is 5. The number of aliphatic hydroxyl groups is 1. The van der Waals surface area contributed by atoms with E-state index in [0.29, 0.717) is 25.1 Å². The summed E-state index contributed by atoms with van der Waals surface area (Å²) in [5.74, 6) is -0.298. The van der Waals surface area contributed by atoms with Crippen molar-refractivity contribution in [2.45, 2.75) is 24.9 Å². The van der Waals surface area contributed by atoms with Gasteiger partial charge in [-0.05, 0) is 38.4 Å². The molecule has 6 nitrogen and oxygen atoms in total. The topological polar surface area (TPSA) is 90.9 Å². The van der Waals surface area contributed by atoms with Gasteiger partial charge in [0.1, 0.15) is 11.3 Å². The monoisotopic (exact) mass is 260 g/mol. The quantitative estimate of drug-likeness (QED) is 0.689. The normalized spacial score (nSPS) is 24.3. The lowest BCUT2D eigenvalue weighted by molar-refractivity contribution is 0.0250. The highest BCUT2D eigenvalue weighted by atomic mass is 16.3. The molecule has 0 saturated carbocycles. The number of H-pyrrole nitrogens is 1. The summed E-state index contributed by atoms with van der Waals surface area (Å²) >= 11 is 0. The summed E-state index contributed by atoms with van der Waals surface area (Å²) in [5.41, 5.74) is -0.251. The lowest BCUT2D eigenvalue weighted by Crippen LogP contribution is -2.39. The summed E-state index contributed by atoms with van der Waals surface area (Å²) < 4.78 is 0. The minimum Gasteiger partial charge on any atom is -0.382 e. The maximum Gasteiger partial charge on any atom is 0.212 e. The first-order valence-electron chi connectivity index (χ1n) is 6.46. The third-order valence-corrected chi connectivity index (χ3v) is 3.64. The fourth-order valence-electron chi connectivity index (χ4n) is 2.48. The second-order valence-electron chi connectivity index (χ2n) is 4.99. The van der Waals surface area contributed by atoms with Crippen molar-refractivity contribution in [3.8, 4) is 0 Å². The van der Waals surface area contributed by atoms with Gasteiger partial charge in [0.25, 0.3) is 0 Å². The average Bonchev–Trinajstić information content (AvgIpc) is 2.78. The van der Waals surface area contributed by atoms with E-state index >= 15 is 0 Å². The Morgan fingerprint density at radius 2 is 2.21 bits per heavy atom. The Balaban J connectivity index is 1.93. The predicted octanol–water partition coefficient (Wildman–Crippen LogP) is 0.645. The summed E-state index contributed by atoms with van der Waals surface area (Å²) in [4.78, 5) is 16.6. The SMILES string of the molecule is O=C(c1cc2[nH]ncc2cn1)C1(O)CCCNCC1. The van der Waals surface area contributed by atoms with Gasteiger partial charge < -0.3 is 10.4 Å². The van der Waals surface area contributed by atoms with Crippen LogP contribution in [0.5, 0.6) is 0 Å². The van der Waals surface area contributed by atoms with Crippen LogP contribution in [0.3, 0.4) is 0 Å². The molecule has 1 aliphatic heterocycles. The fraction of sp³-hybridized carbons (Fsp3) is 0.462. The van der Waals surface area contributed by atoms with Crippen molar-refractivity contribution in [2.75, 3.05) is 13.1 Å². The Morgan fingerprint density at radius 3 is 3.11 bits per heavy atom. The number of carbonyl (C=O) groups excluding carboxylic acids is 1. The zero-order chi connectivity index (χ0) is 13.3. The van der Waals surface area contributed by atoms with Gasteiger partial charge in [0.2, 0.25) is 5.78 Å². The van der Waals surface area contributed by atoms with Crippen molar-refractivity contribution < 1.29 is 9.90 Å². The lowest BCUT2D eigenvalue weighted by Gasteiger charge is -2.24. The second-order valence-corrected chi connectivity index (χ2v) is 4.99. The third kappa shape index (κ3) is 2.24. The van der Waals surface area contributed by atoms with E-state index in [1.54, 1.807) is 18.5 Å². The van der Waals surface area contributed by atoms with Crippen molar-refractivity contribution in [1.29, 1.82) is 0 Å². The molecule has 0 spiro atoms. The van der Waals surface area contributed by atoms with Gasteiger partial charge in [-0.15, -0.1) is 0 Å². The minimum absolute atomic E-state index is 0.293. The minimum atomic E-state index is -1.30. The Bertz CT molecular complexity index is 599. The van der Waals surface area contributed by atoms with Crippen molar-refractivity contribution in [3.63, 3.8) is 0 Å². The molecule has 0 radical (unpaired) electrons. The number of carbonyl (C=O) groups is 1. The Morgan fingerprint density at radius 1 is 1.32 bits per heavy atom. The van der Waals surface area contributed by atoms with Gasteiger partial charge in [-0.25, -0.2) is 0 Å². The molecule has 3 N–H and O–H groups in total. The Kier molecular flexibility index (Phi) is 3.04. The van der Waals surface area contributed by atoms with E-state index in [4.69, 9.17) is 0 Å². The van der Waals surface area contributed by atoms with Crippen LogP contribution in [0.4, 0.5) is 0 Å². The molecule has 0 amide bonds. The van der Waals surface area contributed by atoms with Crippen molar-refractivity contribution in [2.24, 2.45) is 0 Å². The van der Waals surface area contributed by atoms with Crippen molar-refractivity contribution in [3.05, 3.63) is 24.2 Å². The van der Waals surface area contributed by atoms with Crippen LogP contribution in [0.25, 0.3) is 10.9 Å². The van der Waals surface area contributed by atoms with Gasteiger partial charge in [-0.2, -0.15) is 5.10 Å². The molecular formula is C13H16N4O2. The van der Waals surface area contributed by atoms with Crippen LogP contribution in [0.1, 0.15) is 29.8 Å². The number of pyridine rings is 1. The number of nitrogens with zero attached hydrogens (tertiary/aromatic N) is 2. The van der Waals surface area contributed by atoms with Gasteiger partial charge in [0.05, 0.1) is 11.7 Å². The van der Waals surface area contributed by atoms with Crippen LogP contribution in [-0.4, -0.2) is 44.8 Å². The maximum atomic E-state index is 12.5. The van der Waals surface area contributed by atoms with E-state index in [2.05, 4.69) is 20.5 Å². The van der Waals surface area contributed by atoms with E-state index < -0.39 is 5.60 Å². The first-order valence-corrected chi connectivity index (χ1v) is 6.46. The molecule has 19 heavy (non-hydrogen) atoms. The first kappa shape index (κ1) is 12.3. The summed E-state index contributed by atoms with van der Waals surface area (Å²) in [6.45, 7) is 1.48. The molecule has 1 saturated heterocycles. The Hall–Kier alpha value is -1.79. The summed E-state index contributed by atoms with van der Waals surface area (Å²) in [7, 11) is 0. The number of aromatic amines is 1. The molecule has 1 unspecified atom stereocenters. The lowest BCUT2D eigenvalue weighted by atomic mass is 9.88. The van der Waals surface area contributed by atoms with E-state index in [9.17, 15) is 9.90 Å². The van der Waals surface area contributed by atoms with Crippen LogP contribution in [0.2, 0.25) is 0 Å². The fourth-order valence-corrected chi connectivity index (χ4v) is 2.48. The van der Waals surface area contributed by atoms with Crippen LogP contribution in [-0.2, 0) is 0 Å². The molecule has 1 fully saturated rings. The summed E-state index contributed by atoms with van der Waals surface area (Å²) in [5, 5.41) is 21.3. The highest BCUT2D eigenvalue weighted by Crippen LogP contribution is 2.24. The van der Waals surface area contributed by atoms with Crippen LogP contribution >= 0.6 is 0 Å². The van der Waals surface area contributed by atoms with Gasteiger partial charge in [-0.3, -0.25) is 14.9 Å². The highest BCUT2D eigenvalue weighted by molar-refractivity contribution is 6.02. The number of fused-ring (bicyclic) bond motifs is 1. The molecule has 2 aromatic heterocycles. The summed E-state index contributed by atoms with van der Waals surface area (Å²) in [6, 6.07) is 1.65. The molecule has 1 atom stereocenters.